The molecule has 0 radical (unpaired) electrons. The number of nitrogens with zero attached hydrogens (tertiary/aromatic N) is 5. The lowest BCUT2D eigenvalue weighted by Gasteiger charge is -2.35. The van der Waals surface area contributed by atoms with E-state index >= 15 is 0 Å². The van der Waals surface area contributed by atoms with Crippen molar-refractivity contribution >= 4 is 5.82 Å². The molecule has 3 aromatic rings. The molecule has 1 fully saturated rings. The molecule has 0 amide bonds. The monoisotopic (exact) mass is 345 g/mol. The van der Waals surface area contributed by atoms with Crippen molar-refractivity contribution < 1.29 is 0 Å². The van der Waals surface area contributed by atoms with Gasteiger partial charge in [-0.05, 0) is 36.2 Å². The molecule has 0 saturated carbocycles. The summed E-state index contributed by atoms with van der Waals surface area (Å²) in [5, 5.41) is 8.85. The summed E-state index contributed by atoms with van der Waals surface area (Å²) in [5.74, 6) is 0.970. The first-order chi connectivity index (χ1) is 12.8. The lowest BCUT2D eigenvalue weighted by atomic mass is 10.1. The fourth-order valence-electron chi connectivity index (χ4n) is 3.39. The molecule has 0 N–H and O–H groups in total. The molecule has 5 nitrogen and oxygen atoms in total. The van der Waals surface area contributed by atoms with Crippen LogP contribution in [0.5, 0.6) is 0 Å². The molecule has 0 spiro atoms. The highest BCUT2D eigenvalue weighted by Gasteiger charge is 2.19. The Balaban J connectivity index is 1.45. The Kier molecular flexibility index (Phi) is 4.88. The number of aromatic nitrogens is 3. The minimum absolute atomic E-state index is 0.969. The van der Waals surface area contributed by atoms with Crippen molar-refractivity contribution in [3.63, 3.8) is 0 Å². The summed E-state index contributed by atoms with van der Waals surface area (Å²) in [6, 6.07) is 16.8. The maximum atomic E-state index is 4.45. The molecule has 26 heavy (non-hydrogen) atoms. The molecule has 5 heteroatoms. The van der Waals surface area contributed by atoms with Gasteiger partial charge >= 0.3 is 0 Å². The number of benzene rings is 1. The van der Waals surface area contributed by atoms with Crippen LogP contribution in [0.2, 0.25) is 0 Å². The summed E-state index contributed by atoms with van der Waals surface area (Å²) in [5.41, 5.74) is 4.64. The van der Waals surface area contributed by atoms with Crippen LogP contribution >= 0.6 is 0 Å². The second-order valence-corrected chi connectivity index (χ2v) is 6.69. The van der Waals surface area contributed by atoms with E-state index in [0.29, 0.717) is 0 Å². The smallest absolute Gasteiger partial charge is 0.151 e. The molecule has 0 aliphatic carbocycles. The van der Waals surface area contributed by atoms with E-state index in [1.807, 2.05) is 25.4 Å². The molecule has 1 saturated heterocycles. The Morgan fingerprint density at radius 3 is 2.35 bits per heavy atom. The quantitative estimate of drug-likeness (QED) is 0.727. The van der Waals surface area contributed by atoms with Crippen LogP contribution in [0.1, 0.15) is 11.3 Å². The van der Waals surface area contributed by atoms with Gasteiger partial charge in [0.25, 0.3) is 0 Å². The van der Waals surface area contributed by atoms with Crippen LogP contribution in [-0.2, 0) is 6.54 Å². The zero-order valence-corrected chi connectivity index (χ0v) is 15.0. The van der Waals surface area contributed by atoms with Gasteiger partial charge in [0.1, 0.15) is 0 Å². The van der Waals surface area contributed by atoms with E-state index in [-0.39, 0.29) is 0 Å². The Morgan fingerprint density at radius 2 is 1.62 bits per heavy atom. The van der Waals surface area contributed by atoms with Gasteiger partial charge < -0.3 is 4.90 Å². The summed E-state index contributed by atoms with van der Waals surface area (Å²) >= 11 is 0. The van der Waals surface area contributed by atoms with Gasteiger partial charge in [0.05, 0.1) is 5.69 Å². The summed E-state index contributed by atoms with van der Waals surface area (Å²) in [6.45, 7) is 6.99. The number of aryl methyl sites for hydroxylation is 1. The fraction of sp³-hybridized carbons (Fsp3) is 0.286. The summed E-state index contributed by atoms with van der Waals surface area (Å²) in [6.07, 6.45) is 3.72. The Bertz CT molecular complexity index is 843. The predicted octanol–water partition coefficient (Wildman–Crippen LogP) is 3.17. The second-order valence-electron chi connectivity index (χ2n) is 6.69. The predicted molar refractivity (Wildman–Crippen MR) is 104 cm³/mol. The molecule has 0 bridgehead atoms. The zero-order valence-electron chi connectivity index (χ0n) is 15.0. The molecule has 1 aliphatic heterocycles. The van der Waals surface area contributed by atoms with E-state index in [0.717, 1.165) is 49.8 Å². The maximum Gasteiger partial charge on any atom is 0.151 e. The third-order valence-electron chi connectivity index (χ3n) is 4.90. The lowest BCUT2D eigenvalue weighted by molar-refractivity contribution is 0.249. The lowest BCUT2D eigenvalue weighted by Crippen LogP contribution is -2.46. The van der Waals surface area contributed by atoms with Crippen molar-refractivity contribution in [2.45, 2.75) is 13.5 Å². The third-order valence-corrected chi connectivity index (χ3v) is 4.90. The van der Waals surface area contributed by atoms with Crippen LogP contribution in [0.3, 0.4) is 0 Å². The summed E-state index contributed by atoms with van der Waals surface area (Å²) < 4.78 is 0. The SMILES string of the molecule is Cc1nnc(N2CCN(Cc3ccncc3)CC2)cc1-c1ccccc1. The molecular weight excluding hydrogens is 322 g/mol. The van der Waals surface area contributed by atoms with Crippen LogP contribution in [0, 0.1) is 6.92 Å². The second kappa shape index (κ2) is 7.62. The third kappa shape index (κ3) is 3.73. The number of anilines is 1. The van der Waals surface area contributed by atoms with E-state index < -0.39 is 0 Å². The highest BCUT2D eigenvalue weighted by Crippen LogP contribution is 2.25. The van der Waals surface area contributed by atoms with Gasteiger partial charge in [0, 0.05) is 50.7 Å². The number of rotatable bonds is 4. The largest absolute Gasteiger partial charge is 0.353 e. The molecule has 0 atom stereocenters. The minimum atomic E-state index is 0.969. The van der Waals surface area contributed by atoms with E-state index in [2.05, 4.69) is 67.4 Å². The maximum absolute atomic E-state index is 4.45. The van der Waals surface area contributed by atoms with Gasteiger partial charge in [-0.3, -0.25) is 9.88 Å². The normalized spacial score (nSPS) is 15.2. The van der Waals surface area contributed by atoms with Crippen LogP contribution in [0.25, 0.3) is 11.1 Å². The summed E-state index contributed by atoms with van der Waals surface area (Å²) in [4.78, 5) is 8.90. The Hall–Kier alpha value is -2.79. The van der Waals surface area contributed by atoms with Crippen molar-refractivity contribution in [1.29, 1.82) is 0 Å². The first-order valence-electron chi connectivity index (χ1n) is 9.05. The van der Waals surface area contributed by atoms with Gasteiger partial charge in [0.15, 0.2) is 5.82 Å². The highest BCUT2D eigenvalue weighted by molar-refractivity contribution is 5.68. The standard InChI is InChI=1S/C21H23N5/c1-17-20(19-5-3-2-4-6-19)15-21(24-23-17)26-13-11-25(12-14-26)16-18-7-9-22-10-8-18/h2-10,15H,11-14,16H2,1H3. The highest BCUT2D eigenvalue weighted by atomic mass is 15.3. The van der Waals surface area contributed by atoms with E-state index in [4.69, 9.17) is 0 Å². The van der Waals surface area contributed by atoms with Gasteiger partial charge in [-0.25, -0.2) is 0 Å². The number of piperazine rings is 1. The van der Waals surface area contributed by atoms with Crippen LogP contribution in [0.4, 0.5) is 5.82 Å². The van der Waals surface area contributed by atoms with Crippen molar-refractivity contribution in [3.05, 3.63) is 72.2 Å². The molecule has 0 unspecified atom stereocenters. The molecule has 132 valence electrons. The van der Waals surface area contributed by atoms with Crippen molar-refractivity contribution in [2.75, 3.05) is 31.1 Å². The molecule has 1 aliphatic rings. The molecular formula is C21H23N5. The number of pyridine rings is 1. The molecule has 4 rings (SSSR count). The van der Waals surface area contributed by atoms with E-state index in [1.165, 1.54) is 11.1 Å². The van der Waals surface area contributed by atoms with Crippen molar-refractivity contribution in [2.24, 2.45) is 0 Å². The first kappa shape index (κ1) is 16.7. The number of hydrogen-bond acceptors (Lipinski definition) is 5. The van der Waals surface area contributed by atoms with Crippen LogP contribution < -0.4 is 4.90 Å². The average molecular weight is 345 g/mol. The van der Waals surface area contributed by atoms with E-state index in [9.17, 15) is 0 Å². The van der Waals surface area contributed by atoms with E-state index in [1.54, 1.807) is 0 Å². The zero-order chi connectivity index (χ0) is 17.8. The Morgan fingerprint density at radius 1 is 0.885 bits per heavy atom. The fourth-order valence-corrected chi connectivity index (χ4v) is 3.39. The summed E-state index contributed by atoms with van der Waals surface area (Å²) in [7, 11) is 0. The Labute approximate surface area is 154 Å². The topological polar surface area (TPSA) is 45.2 Å². The van der Waals surface area contributed by atoms with Crippen molar-refractivity contribution in [3.8, 4) is 11.1 Å². The first-order valence-corrected chi connectivity index (χ1v) is 9.05. The minimum Gasteiger partial charge on any atom is -0.353 e. The van der Waals surface area contributed by atoms with Gasteiger partial charge in [-0.15, -0.1) is 5.10 Å². The average Bonchev–Trinajstić information content (AvgIpc) is 2.70. The number of hydrogen-bond donors (Lipinski definition) is 0. The van der Waals surface area contributed by atoms with Gasteiger partial charge in [-0.2, -0.15) is 5.10 Å². The van der Waals surface area contributed by atoms with Crippen LogP contribution in [-0.4, -0.2) is 46.3 Å². The molecule has 2 aromatic heterocycles. The van der Waals surface area contributed by atoms with Crippen LogP contribution in [0.15, 0.2) is 60.9 Å². The van der Waals surface area contributed by atoms with Crippen molar-refractivity contribution in [1.82, 2.24) is 20.1 Å². The van der Waals surface area contributed by atoms with Gasteiger partial charge in [-0.1, -0.05) is 30.3 Å². The molecule has 1 aromatic carbocycles. The molecule has 3 heterocycles. The van der Waals surface area contributed by atoms with Gasteiger partial charge in [0.2, 0.25) is 0 Å².